The van der Waals surface area contributed by atoms with E-state index in [1.807, 2.05) is 60.7 Å². The highest BCUT2D eigenvalue weighted by Crippen LogP contribution is 2.14. The summed E-state index contributed by atoms with van der Waals surface area (Å²) in [4.78, 5) is 19.0. The summed E-state index contributed by atoms with van der Waals surface area (Å²) in [7, 11) is 0. The molecule has 1 aliphatic heterocycles. The zero-order valence-electron chi connectivity index (χ0n) is 14.0. The number of benzene rings is 2. The van der Waals surface area contributed by atoms with Crippen LogP contribution >= 0.6 is 12.4 Å². The molecule has 1 saturated heterocycles. The molecule has 0 bridgehead atoms. The fraction of sp³-hybridized carbons (Fsp3) is 0.263. The number of nitrogens with zero attached hydrogens (tertiary/aromatic N) is 2. The van der Waals surface area contributed by atoms with Gasteiger partial charge < -0.3 is 10.2 Å². The van der Waals surface area contributed by atoms with Crippen molar-refractivity contribution >= 4 is 30.1 Å². The van der Waals surface area contributed by atoms with Gasteiger partial charge in [0.25, 0.3) is 0 Å². The molecule has 0 unspecified atom stereocenters. The summed E-state index contributed by atoms with van der Waals surface area (Å²) >= 11 is 0. The van der Waals surface area contributed by atoms with Crippen LogP contribution in [0.15, 0.2) is 65.7 Å². The van der Waals surface area contributed by atoms with Crippen LogP contribution in [0, 0.1) is 0 Å². The fourth-order valence-corrected chi connectivity index (χ4v) is 2.66. The number of aliphatic imine (C=N–C) groups is 1. The first kappa shape index (κ1) is 18.8. The molecule has 132 valence electrons. The van der Waals surface area contributed by atoms with Crippen LogP contribution in [0.4, 0.5) is 10.5 Å². The molecule has 2 amide bonds. The van der Waals surface area contributed by atoms with E-state index in [0.29, 0.717) is 12.5 Å². The van der Waals surface area contributed by atoms with Gasteiger partial charge in [-0.1, -0.05) is 48.5 Å². The minimum Gasteiger partial charge on any atom is -0.342 e. The van der Waals surface area contributed by atoms with Gasteiger partial charge in [-0.15, -0.1) is 12.4 Å². The second-order valence-corrected chi connectivity index (χ2v) is 5.76. The molecule has 5 nitrogen and oxygen atoms in total. The molecule has 1 fully saturated rings. The molecule has 1 heterocycles. The number of halogens is 1. The van der Waals surface area contributed by atoms with Crippen molar-refractivity contribution < 1.29 is 4.79 Å². The minimum atomic E-state index is -0.236. The summed E-state index contributed by atoms with van der Waals surface area (Å²) in [6.45, 7) is 2.33. The van der Waals surface area contributed by atoms with Gasteiger partial charge in [0.2, 0.25) is 5.96 Å². The van der Waals surface area contributed by atoms with E-state index in [-0.39, 0.29) is 18.4 Å². The Morgan fingerprint density at radius 2 is 1.56 bits per heavy atom. The maximum atomic E-state index is 12.2. The van der Waals surface area contributed by atoms with Gasteiger partial charge in [-0.3, -0.25) is 5.32 Å². The molecular formula is C19H23ClN4O. The number of carbonyl (C=O) groups is 1. The summed E-state index contributed by atoms with van der Waals surface area (Å²) in [5, 5.41) is 5.78. The Morgan fingerprint density at radius 3 is 2.20 bits per heavy atom. The molecule has 25 heavy (non-hydrogen) atoms. The monoisotopic (exact) mass is 358 g/mol. The number of urea groups is 1. The maximum absolute atomic E-state index is 12.2. The Kier molecular flexibility index (Phi) is 7.29. The summed E-state index contributed by atoms with van der Waals surface area (Å²) in [6, 6.07) is 19.3. The highest BCUT2D eigenvalue weighted by atomic mass is 35.5. The van der Waals surface area contributed by atoms with E-state index in [1.54, 1.807) is 0 Å². The van der Waals surface area contributed by atoms with Crippen molar-refractivity contribution in [3.05, 3.63) is 66.2 Å². The van der Waals surface area contributed by atoms with Crippen LogP contribution in [-0.4, -0.2) is 30.0 Å². The molecule has 6 heteroatoms. The first-order valence-electron chi connectivity index (χ1n) is 8.29. The van der Waals surface area contributed by atoms with Gasteiger partial charge in [-0.05, 0) is 30.5 Å². The third-order valence-corrected chi connectivity index (χ3v) is 3.92. The topological polar surface area (TPSA) is 56.7 Å². The number of rotatable bonds is 3. The molecule has 2 aromatic carbocycles. The number of hydrogen-bond donors (Lipinski definition) is 2. The van der Waals surface area contributed by atoms with Gasteiger partial charge >= 0.3 is 6.03 Å². The average Bonchev–Trinajstić information content (AvgIpc) is 3.16. The van der Waals surface area contributed by atoms with E-state index in [1.165, 1.54) is 0 Å². The van der Waals surface area contributed by atoms with E-state index in [0.717, 1.165) is 37.2 Å². The van der Waals surface area contributed by atoms with Gasteiger partial charge in [0.1, 0.15) is 0 Å². The van der Waals surface area contributed by atoms with Crippen LogP contribution in [0.2, 0.25) is 0 Å². The first-order valence-corrected chi connectivity index (χ1v) is 8.29. The Morgan fingerprint density at radius 1 is 0.960 bits per heavy atom. The van der Waals surface area contributed by atoms with Gasteiger partial charge in [0.05, 0.1) is 5.69 Å². The molecule has 0 aromatic heterocycles. The van der Waals surface area contributed by atoms with Gasteiger partial charge in [0, 0.05) is 19.6 Å². The smallest absolute Gasteiger partial charge is 0.321 e. The third kappa shape index (κ3) is 5.80. The lowest BCUT2D eigenvalue weighted by Gasteiger charge is -2.20. The van der Waals surface area contributed by atoms with Crippen LogP contribution in [0.5, 0.6) is 0 Å². The lowest BCUT2D eigenvalue weighted by Crippen LogP contribution is -2.46. The maximum Gasteiger partial charge on any atom is 0.321 e. The molecule has 0 spiro atoms. The SMILES string of the molecule is Cl.O=C(NCc1ccccc1)NC(=Nc1ccccc1)N1CCCC1. The number of amides is 2. The van der Waals surface area contributed by atoms with E-state index in [4.69, 9.17) is 0 Å². The highest BCUT2D eigenvalue weighted by Gasteiger charge is 2.18. The average molecular weight is 359 g/mol. The highest BCUT2D eigenvalue weighted by molar-refractivity contribution is 5.97. The summed E-state index contributed by atoms with van der Waals surface area (Å²) in [5.41, 5.74) is 1.90. The standard InChI is InChI=1S/C19H22N4O.ClH/c24-19(20-15-16-9-3-1-4-10-16)22-18(23-13-7-8-14-23)21-17-11-5-2-6-12-17;/h1-6,9-12H,7-8,13-15H2,(H2,20,21,22,24);1H. The molecule has 0 saturated carbocycles. The van der Waals surface area contributed by atoms with Crippen molar-refractivity contribution in [2.45, 2.75) is 19.4 Å². The molecule has 0 atom stereocenters. The number of hydrogen-bond acceptors (Lipinski definition) is 2. The number of para-hydroxylation sites is 1. The van der Waals surface area contributed by atoms with Crippen molar-refractivity contribution in [1.29, 1.82) is 0 Å². The second-order valence-electron chi connectivity index (χ2n) is 5.76. The van der Waals surface area contributed by atoms with Crippen molar-refractivity contribution in [1.82, 2.24) is 15.5 Å². The Labute approximate surface area is 154 Å². The van der Waals surface area contributed by atoms with Crippen molar-refractivity contribution in [2.75, 3.05) is 13.1 Å². The number of guanidine groups is 1. The lowest BCUT2D eigenvalue weighted by atomic mass is 10.2. The van der Waals surface area contributed by atoms with Gasteiger partial charge in [-0.2, -0.15) is 0 Å². The lowest BCUT2D eigenvalue weighted by molar-refractivity contribution is 0.243. The predicted octanol–water partition coefficient (Wildman–Crippen LogP) is 3.69. The normalized spacial score (nSPS) is 13.9. The van der Waals surface area contributed by atoms with E-state index < -0.39 is 0 Å². The number of likely N-dealkylation sites (tertiary alicyclic amines) is 1. The quantitative estimate of drug-likeness (QED) is 0.649. The Hall–Kier alpha value is -2.53. The molecule has 1 aliphatic rings. The zero-order valence-corrected chi connectivity index (χ0v) is 14.8. The van der Waals surface area contributed by atoms with Crippen LogP contribution in [0.25, 0.3) is 0 Å². The van der Waals surface area contributed by atoms with Gasteiger partial charge in [-0.25, -0.2) is 9.79 Å². The van der Waals surface area contributed by atoms with E-state index in [9.17, 15) is 4.79 Å². The van der Waals surface area contributed by atoms with Crippen LogP contribution in [0.3, 0.4) is 0 Å². The van der Waals surface area contributed by atoms with Crippen molar-refractivity contribution in [2.24, 2.45) is 4.99 Å². The largest absolute Gasteiger partial charge is 0.342 e. The molecule has 0 radical (unpaired) electrons. The fourth-order valence-electron chi connectivity index (χ4n) is 2.66. The Balaban J connectivity index is 0.00000225. The first-order chi connectivity index (χ1) is 11.8. The predicted molar refractivity (Wildman–Crippen MR) is 103 cm³/mol. The van der Waals surface area contributed by atoms with Crippen LogP contribution in [0.1, 0.15) is 18.4 Å². The molecule has 0 aliphatic carbocycles. The molecule has 2 aromatic rings. The summed E-state index contributed by atoms with van der Waals surface area (Å²) in [5.74, 6) is 0.615. The molecular weight excluding hydrogens is 336 g/mol. The molecule has 3 rings (SSSR count). The minimum absolute atomic E-state index is 0. The van der Waals surface area contributed by atoms with Gasteiger partial charge in [0.15, 0.2) is 0 Å². The zero-order chi connectivity index (χ0) is 16.6. The van der Waals surface area contributed by atoms with Crippen molar-refractivity contribution in [3.8, 4) is 0 Å². The van der Waals surface area contributed by atoms with E-state index in [2.05, 4.69) is 20.5 Å². The Bertz CT molecular complexity index is 685. The summed E-state index contributed by atoms with van der Waals surface area (Å²) < 4.78 is 0. The third-order valence-electron chi connectivity index (χ3n) is 3.92. The second kappa shape index (κ2) is 9.69. The van der Waals surface area contributed by atoms with Crippen LogP contribution in [-0.2, 0) is 6.54 Å². The van der Waals surface area contributed by atoms with E-state index >= 15 is 0 Å². The van der Waals surface area contributed by atoms with Crippen molar-refractivity contribution in [3.63, 3.8) is 0 Å². The number of carbonyl (C=O) groups excluding carboxylic acids is 1. The summed E-state index contributed by atoms with van der Waals surface area (Å²) in [6.07, 6.45) is 2.25. The van der Waals surface area contributed by atoms with Crippen LogP contribution < -0.4 is 10.6 Å². The molecule has 2 N–H and O–H groups in total. The number of nitrogens with one attached hydrogen (secondary N) is 2.